The van der Waals surface area contributed by atoms with Crippen LogP contribution in [0.4, 0.5) is 4.39 Å². The fourth-order valence-electron chi connectivity index (χ4n) is 1.48. The fraction of sp³-hybridized carbons (Fsp3) is 0.364. The summed E-state index contributed by atoms with van der Waals surface area (Å²) in [4.78, 5) is 11.3. The van der Waals surface area contributed by atoms with Gasteiger partial charge in [-0.1, -0.05) is 11.6 Å². The van der Waals surface area contributed by atoms with Gasteiger partial charge in [-0.2, -0.15) is 0 Å². The number of hydrogen-bond acceptors (Lipinski definition) is 4. The van der Waals surface area contributed by atoms with Crippen molar-refractivity contribution in [2.45, 2.75) is 13.0 Å². The van der Waals surface area contributed by atoms with E-state index in [0.29, 0.717) is 5.56 Å². The SMILES string of the molecule is COC(=O)C(O)c1c(C)c(Cl)cc(F)c1OC. The Labute approximate surface area is 103 Å². The zero-order chi connectivity index (χ0) is 13.2. The van der Waals surface area contributed by atoms with Crippen LogP contribution in [-0.4, -0.2) is 25.3 Å². The third-order valence-electron chi connectivity index (χ3n) is 2.38. The van der Waals surface area contributed by atoms with Crippen molar-refractivity contribution in [1.29, 1.82) is 0 Å². The molecule has 0 spiro atoms. The Hall–Kier alpha value is -1.33. The van der Waals surface area contributed by atoms with E-state index in [1.165, 1.54) is 7.11 Å². The van der Waals surface area contributed by atoms with Crippen molar-refractivity contribution >= 4 is 17.6 Å². The van der Waals surface area contributed by atoms with E-state index < -0.39 is 17.9 Å². The van der Waals surface area contributed by atoms with Crippen molar-refractivity contribution in [2.75, 3.05) is 14.2 Å². The van der Waals surface area contributed by atoms with Gasteiger partial charge in [0.25, 0.3) is 0 Å². The maximum atomic E-state index is 13.5. The normalized spacial score (nSPS) is 12.1. The molecule has 0 aliphatic heterocycles. The molecule has 1 unspecified atom stereocenters. The molecule has 0 saturated carbocycles. The van der Waals surface area contributed by atoms with Gasteiger partial charge in [0, 0.05) is 10.6 Å². The lowest BCUT2D eigenvalue weighted by atomic mass is 10.0. The van der Waals surface area contributed by atoms with Crippen LogP contribution in [0.15, 0.2) is 6.07 Å². The van der Waals surface area contributed by atoms with E-state index in [1.807, 2.05) is 0 Å². The lowest BCUT2D eigenvalue weighted by Gasteiger charge is -2.17. The third kappa shape index (κ3) is 2.50. The summed E-state index contributed by atoms with van der Waals surface area (Å²) in [6.07, 6.45) is -1.64. The topological polar surface area (TPSA) is 55.8 Å². The van der Waals surface area contributed by atoms with E-state index in [-0.39, 0.29) is 16.3 Å². The summed E-state index contributed by atoms with van der Waals surface area (Å²) < 4.78 is 22.8. The summed E-state index contributed by atoms with van der Waals surface area (Å²) in [7, 11) is 2.35. The second kappa shape index (κ2) is 5.33. The minimum absolute atomic E-state index is 0.0237. The lowest BCUT2D eigenvalue weighted by Crippen LogP contribution is -2.16. The molecule has 4 nitrogen and oxygen atoms in total. The number of rotatable bonds is 3. The van der Waals surface area contributed by atoms with E-state index in [9.17, 15) is 14.3 Å². The maximum absolute atomic E-state index is 13.5. The van der Waals surface area contributed by atoms with Gasteiger partial charge in [-0.05, 0) is 18.6 Å². The Morgan fingerprint density at radius 1 is 1.53 bits per heavy atom. The maximum Gasteiger partial charge on any atom is 0.339 e. The van der Waals surface area contributed by atoms with Gasteiger partial charge < -0.3 is 14.6 Å². The number of esters is 1. The van der Waals surface area contributed by atoms with Crippen molar-refractivity contribution in [3.8, 4) is 5.75 Å². The van der Waals surface area contributed by atoms with Crippen molar-refractivity contribution in [3.05, 3.63) is 28.0 Å². The van der Waals surface area contributed by atoms with E-state index in [0.717, 1.165) is 13.2 Å². The van der Waals surface area contributed by atoms with E-state index >= 15 is 0 Å². The van der Waals surface area contributed by atoms with Gasteiger partial charge in [0.05, 0.1) is 14.2 Å². The average Bonchev–Trinajstić information content (AvgIpc) is 2.31. The highest BCUT2D eigenvalue weighted by Gasteiger charge is 2.27. The van der Waals surface area contributed by atoms with Crippen LogP contribution in [0, 0.1) is 12.7 Å². The lowest BCUT2D eigenvalue weighted by molar-refractivity contribution is -0.150. The summed E-state index contributed by atoms with van der Waals surface area (Å²) in [6.45, 7) is 1.55. The molecule has 1 aromatic carbocycles. The number of methoxy groups -OCH3 is 2. The van der Waals surface area contributed by atoms with Crippen LogP contribution in [0.25, 0.3) is 0 Å². The van der Waals surface area contributed by atoms with Crippen molar-refractivity contribution < 1.29 is 23.8 Å². The van der Waals surface area contributed by atoms with Gasteiger partial charge in [0.2, 0.25) is 0 Å². The standard InChI is InChI=1S/C11H12ClFO4/c1-5-6(12)4-7(13)10(16-2)8(5)9(14)11(15)17-3/h4,9,14H,1-3H3. The number of aliphatic hydroxyl groups excluding tert-OH is 1. The van der Waals surface area contributed by atoms with Gasteiger partial charge in [0.1, 0.15) is 0 Å². The summed E-state index contributed by atoms with van der Waals surface area (Å²) in [5.74, 6) is -1.88. The van der Waals surface area contributed by atoms with Crippen LogP contribution < -0.4 is 4.74 Å². The molecule has 94 valence electrons. The predicted octanol–water partition coefficient (Wildman–Crippen LogP) is 2.00. The minimum atomic E-state index is -1.64. The molecule has 0 saturated heterocycles. The number of aliphatic hydroxyl groups is 1. The highest BCUT2D eigenvalue weighted by atomic mass is 35.5. The van der Waals surface area contributed by atoms with Gasteiger partial charge in [-0.15, -0.1) is 0 Å². The number of benzene rings is 1. The van der Waals surface area contributed by atoms with Crippen LogP contribution in [0.1, 0.15) is 17.2 Å². The zero-order valence-corrected chi connectivity index (χ0v) is 10.3. The first-order chi connectivity index (χ1) is 7.93. The van der Waals surface area contributed by atoms with E-state index in [4.69, 9.17) is 16.3 Å². The molecular weight excluding hydrogens is 251 g/mol. The third-order valence-corrected chi connectivity index (χ3v) is 2.77. The molecule has 17 heavy (non-hydrogen) atoms. The Kier molecular flexibility index (Phi) is 4.31. The smallest absolute Gasteiger partial charge is 0.339 e. The monoisotopic (exact) mass is 262 g/mol. The number of halogens is 2. The first kappa shape index (κ1) is 13.7. The molecule has 0 radical (unpaired) electrons. The van der Waals surface area contributed by atoms with Crippen LogP contribution in [-0.2, 0) is 9.53 Å². The second-order valence-corrected chi connectivity index (χ2v) is 3.75. The number of ether oxygens (including phenoxy) is 2. The van der Waals surface area contributed by atoms with Crippen molar-refractivity contribution in [1.82, 2.24) is 0 Å². The first-order valence-corrected chi connectivity index (χ1v) is 5.10. The summed E-state index contributed by atoms with van der Waals surface area (Å²) in [6, 6.07) is 1.06. The number of hydrogen-bond donors (Lipinski definition) is 1. The number of carbonyl (C=O) groups excluding carboxylic acids is 1. The van der Waals surface area contributed by atoms with Crippen LogP contribution in [0.2, 0.25) is 5.02 Å². The molecular formula is C11H12ClFO4. The minimum Gasteiger partial charge on any atom is -0.493 e. The Morgan fingerprint density at radius 3 is 2.59 bits per heavy atom. The second-order valence-electron chi connectivity index (χ2n) is 3.34. The fourth-order valence-corrected chi connectivity index (χ4v) is 1.68. The summed E-state index contributed by atoms with van der Waals surface area (Å²) in [5, 5.41) is 9.85. The first-order valence-electron chi connectivity index (χ1n) is 4.72. The van der Waals surface area contributed by atoms with Crippen LogP contribution in [0.5, 0.6) is 5.75 Å². The molecule has 0 bridgehead atoms. The molecule has 0 aliphatic rings. The molecule has 1 atom stereocenters. The Morgan fingerprint density at radius 2 is 2.12 bits per heavy atom. The molecule has 0 heterocycles. The predicted molar refractivity (Wildman–Crippen MR) is 59.7 cm³/mol. The van der Waals surface area contributed by atoms with Crippen LogP contribution >= 0.6 is 11.6 Å². The molecule has 0 aromatic heterocycles. The highest BCUT2D eigenvalue weighted by molar-refractivity contribution is 6.31. The van der Waals surface area contributed by atoms with Gasteiger partial charge in [-0.25, -0.2) is 9.18 Å². The molecule has 6 heteroatoms. The van der Waals surface area contributed by atoms with E-state index in [2.05, 4.69) is 4.74 Å². The summed E-state index contributed by atoms with van der Waals surface area (Å²) >= 11 is 5.78. The molecule has 1 aromatic rings. The van der Waals surface area contributed by atoms with Gasteiger partial charge in [-0.3, -0.25) is 0 Å². The van der Waals surface area contributed by atoms with Crippen LogP contribution in [0.3, 0.4) is 0 Å². The Balaban J connectivity index is 3.44. The summed E-state index contributed by atoms with van der Waals surface area (Å²) in [5.41, 5.74) is 0.340. The molecule has 1 rings (SSSR count). The largest absolute Gasteiger partial charge is 0.493 e. The zero-order valence-electron chi connectivity index (χ0n) is 9.58. The van der Waals surface area contributed by atoms with E-state index in [1.54, 1.807) is 6.92 Å². The Bertz CT molecular complexity index is 448. The molecule has 1 N–H and O–H groups in total. The quantitative estimate of drug-likeness (QED) is 0.847. The number of carbonyl (C=O) groups is 1. The van der Waals surface area contributed by atoms with Crippen molar-refractivity contribution in [2.24, 2.45) is 0 Å². The molecule has 0 amide bonds. The van der Waals surface area contributed by atoms with Gasteiger partial charge >= 0.3 is 5.97 Å². The highest BCUT2D eigenvalue weighted by Crippen LogP contribution is 2.35. The molecule has 0 aliphatic carbocycles. The van der Waals surface area contributed by atoms with Gasteiger partial charge in [0.15, 0.2) is 17.7 Å². The van der Waals surface area contributed by atoms with Crippen molar-refractivity contribution in [3.63, 3.8) is 0 Å². The average molecular weight is 263 g/mol. The molecule has 0 fully saturated rings.